The molecule has 0 saturated carbocycles. The van der Waals surface area contributed by atoms with Gasteiger partial charge in [-0.1, -0.05) is 18.2 Å². The molecule has 1 aromatic carbocycles. The molecule has 0 bridgehead atoms. The number of fused-ring (bicyclic) bond motifs is 1. The number of hydrogen-bond acceptors (Lipinski definition) is 3. The highest BCUT2D eigenvalue weighted by molar-refractivity contribution is 6.00. The molecule has 0 radical (unpaired) electrons. The lowest BCUT2D eigenvalue weighted by molar-refractivity contribution is -0.148. The van der Waals surface area contributed by atoms with E-state index in [-0.39, 0.29) is 6.54 Å². The maximum atomic E-state index is 12.0. The van der Waals surface area contributed by atoms with E-state index in [0.717, 1.165) is 10.5 Å². The molecule has 1 aliphatic rings. The van der Waals surface area contributed by atoms with Crippen molar-refractivity contribution in [1.82, 2.24) is 4.90 Å². The average Bonchev–Trinajstić information content (AvgIpc) is 2.64. The predicted octanol–water partition coefficient (Wildman–Crippen LogP) is 0.570. The third-order valence-electron chi connectivity index (χ3n) is 2.88. The fraction of sp³-hybridized carbons (Fsp3) is 0.250. The molecule has 6 nitrogen and oxygen atoms in total. The van der Waals surface area contributed by atoms with Crippen LogP contribution < -0.4 is 0 Å². The lowest BCUT2D eigenvalue weighted by Gasteiger charge is -2.22. The number of carboxylic acids is 2. The molecule has 1 aromatic rings. The molecule has 1 aliphatic heterocycles. The van der Waals surface area contributed by atoms with Gasteiger partial charge >= 0.3 is 11.9 Å². The van der Waals surface area contributed by atoms with Crippen molar-refractivity contribution in [3.05, 3.63) is 35.4 Å². The molecular formula is C12H11NO5. The Morgan fingerprint density at radius 1 is 1.28 bits per heavy atom. The Labute approximate surface area is 102 Å². The lowest BCUT2D eigenvalue weighted by Crippen LogP contribution is -2.42. The highest BCUT2D eigenvalue weighted by atomic mass is 16.4. The van der Waals surface area contributed by atoms with Crippen molar-refractivity contribution in [3.63, 3.8) is 0 Å². The minimum Gasteiger partial charge on any atom is -0.481 e. The summed E-state index contributed by atoms with van der Waals surface area (Å²) in [4.78, 5) is 34.8. The second kappa shape index (κ2) is 4.48. The van der Waals surface area contributed by atoms with Gasteiger partial charge in [-0.25, -0.2) is 4.79 Å². The molecule has 94 valence electrons. The van der Waals surface area contributed by atoms with Crippen LogP contribution in [0.5, 0.6) is 0 Å². The van der Waals surface area contributed by atoms with Gasteiger partial charge in [0.25, 0.3) is 5.91 Å². The first-order valence-corrected chi connectivity index (χ1v) is 5.34. The predicted molar refractivity (Wildman–Crippen MR) is 60.0 cm³/mol. The zero-order chi connectivity index (χ0) is 13.3. The minimum absolute atomic E-state index is 0.138. The molecule has 0 saturated heterocycles. The lowest BCUT2D eigenvalue weighted by atomic mass is 10.1. The van der Waals surface area contributed by atoms with Gasteiger partial charge in [-0.15, -0.1) is 0 Å². The summed E-state index contributed by atoms with van der Waals surface area (Å²) < 4.78 is 0. The van der Waals surface area contributed by atoms with Gasteiger partial charge in [0, 0.05) is 12.1 Å². The van der Waals surface area contributed by atoms with Crippen LogP contribution in [-0.4, -0.2) is 39.0 Å². The van der Waals surface area contributed by atoms with Gasteiger partial charge in [-0.2, -0.15) is 0 Å². The molecule has 0 unspecified atom stereocenters. The summed E-state index contributed by atoms with van der Waals surface area (Å²) in [5.74, 6) is -2.98. The Kier molecular flexibility index (Phi) is 3.01. The molecule has 0 spiro atoms. The number of nitrogens with zero attached hydrogens (tertiary/aromatic N) is 1. The minimum atomic E-state index is -1.33. The van der Waals surface area contributed by atoms with Crippen molar-refractivity contribution in [3.8, 4) is 0 Å². The van der Waals surface area contributed by atoms with Crippen molar-refractivity contribution in [2.45, 2.75) is 19.0 Å². The summed E-state index contributed by atoms with van der Waals surface area (Å²) in [7, 11) is 0. The molecule has 0 aliphatic carbocycles. The standard InChI is InChI=1S/C12H11NO5/c14-10(15)5-9(12(17)18)13-6-7-3-1-2-4-8(7)11(13)16/h1-4,9H,5-6H2,(H,14,15)(H,17,18)/t9-/m0/s1. The quantitative estimate of drug-likeness (QED) is 0.813. The molecule has 2 rings (SSSR count). The van der Waals surface area contributed by atoms with Gasteiger partial charge in [0.05, 0.1) is 6.42 Å². The number of rotatable bonds is 4. The molecule has 0 aromatic heterocycles. The Bertz CT molecular complexity index is 525. The topological polar surface area (TPSA) is 94.9 Å². The van der Waals surface area contributed by atoms with Gasteiger partial charge in [-0.3, -0.25) is 9.59 Å². The van der Waals surface area contributed by atoms with Crippen molar-refractivity contribution < 1.29 is 24.6 Å². The van der Waals surface area contributed by atoms with Crippen LogP contribution in [0.1, 0.15) is 22.3 Å². The van der Waals surface area contributed by atoms with Gasteiger partial charge in [0.2, 0.25) is 0 Å². The number of hydrogen-bond donors (Lipinski definition) is 2. The maximum Gasteiger partial charge on any atom is 0.327 e. The molecule has 1 amide bonds. The number of benzene rings is 1. The summed E-state index contributed by atoms with van der Waals surface area (Å²) in [5, 5.41) is 17.7. The van der Waals surface area contributed by atoms with Crippen molar-refractivity contribution in [2.24, 2.45) is 0 Å². The molecule has 18 heavy (non-hydrogen) atoms. The summed E-state index contributed by atoms with van der Waals surface area (Å²) in [6.45, 7) is 0.138. The molecule has 0 fully saturated rings. The van der Waals surface area contributed by atoms with E-state index >= 15 is 0 Å². The van der Waals surface area contributed by atoms with Crippen LogP contribution in [0.25, 0.3) is 0 Å². The first-order chi connectivity index (χ1) is 8.50. The highest BCUT2D eigenvalue weighted by Crippen LogP contribution is 2.25. The van der Waals surface area contributed by atoms with Crippen molar-refractivity contribution in [1.29, 1.82) is 0 Å². The van der Waals surface area contributed by atoms with Crippen LogP contribution in [0.3, 0.4) is 0 Å². The maximum absolute atomic E-state index is 12.0. The largest absolute Gasteiger partial charge is 0.481 e. The van der Waals surface area contributed by atoms with Crippen molar-refractivity contribution >= 4 is 17.8 Å². The molecular weight excluding hydrogens is 238 g/mol. The van der Waals surface area contributed by atoms with E-state index < -0.39 is 30.3 Å². The number of carbonyl (C=O) groups is 3. The van der Waals surface area contributed by atoms with E-state index in [9.17, 15) is 14.4 Å². The zero-order valence-electron chi connectivity index (χ0n) is 9.37. The molecule has 1 heterocycles. The zero-order valence-corrected chi connectivity index (χ0v) is 9.37. The van der Waals surface area contributed by atoms with Crippen LogP contribution >= 0.6 is 0 Å². The molecule has 1 atom stereocenters. The highest BCUT2D eigenvalue weighted by Gasteiger charge is 2.37. The fourth-order valence-corrected chi connectivity index (χ4v) is 2.02. The number of amides is 1. The smallest absolute Gasteiger partial charge is 0.327 e. The number of carboxylic acid groups (broad SMARTS) is 2. The van der Waals surface area contributed by atoms with Crippen LogP contribution in [0, 0.1) is 0 Å². The Morgan fingerprint density at radius 3 is 2.50 bits per heavy atom. The first kappa shape index (κ1) is 12.1. The average molecular weight is 249 g/mol. The van der Waals surface area contributed by atoms with E-state index in [4.69, 9.17) is 10.2 Å². The third kappa shape index (κ3) is 2.04. The number of aliphatic carboxylic acids is 2. The second-order valence-electron chi connectivity index (χ2n) is 4.04. The van der Waals surface area contributed by atoms with Crippen LogP contribution in [-0.2, 0) is 16.1 Å². The normalized spacial score (nSPS) is 15.3. The Balaban J connectivity index is 2.28. The van der Waals surface area contributed by atoms with Gasteiger partial charge < -0.3 is 15.1 Å². The van der Waals surface area contributed by atoms with Crippen LogP contribution in [0.15, 0.2) is 24.3 Å². The monoisotopic (exact) mass is 249 g/mol. The summed E-state index contributed by atoms with van der Waals surface area (Å²) in [5.41, 5.74) is 1.16. The molecule has 6 heteroatoms. The van der Waals surface area contributed by atoms with E-state index in [1.807, 2.05) is 0 Å². The van der Waals surface area contributed by atoms with Gasteiger partial charge in [-0.05, 0) is 11.6 Å². The van der Waals surface area contributed by atoms with Gasteiger partial charge in [0.15, 0.2) is 0 Å². The third-order valence-corrected chi connectivity index (χ3v) is 2.88. The second-order valence-corrected chi connectivity index (χ2v) is 4.04. The fourth-order valence-electron chi connectivity index (χ4n) is 2.02. The summed E-state index contributed by atoms with van der Waals surface area (Å²) >= 11 is 0. The van der Waals surface area contributed by atoms with E-state index in [1.165, 1.54) is 0 Å². The van der Waals surface area contributed by atoms with Crippen LogP contribution in [0.4, 0.5) is 0 Å². The van der Waals surface area contributed by atoms with E-state index in [0.29, 0.717) is 5.56 Å². The van der Waals surface area contributed by atoms with E-state index in [2.05, 4.69) is 0 Å². The van der Waals surface area contributed by atoms with Gasteiger partial charge in [0.1, 0.15) is 6.04 Å². The SMILES string of the molecule is O=C(O)C[C@@H](C(=O)O)N1Cc2ccccc2C1=O. The van der Waals surface area contributed by atoms with E-state index in [1.54, 1.807) is 24.3 Å². The molecule has 2 N–H and O–H groups in total. The Morgan fingerprint density at radius 2 is 1.94 bits per heavy atom. The summed E-state index contributed by atoms with van der Waals surface area (Å²) in [6.07, 6.45) is -0.602. The van der Waals surface area contributed by atoms with Crippen molar-refractivity contribution in [2.75, 3.05) is 0 Å². The summed E-state index contributed by atoms with van der Waals surface area (Å²) in [6, 6.07) is 5.45. The van der Waals surface area contributed by atoms with Crippen LogP contribution in [0.2, 0.25) is 0 Å². The first-order valence-electron chi connectivity index (χ1n) is 5.34. The number of carbonyl (C=O) groups excluding carboxylic acids is 1. The Hall–Kier alpha value is -2.37.